The highest BCUT2D eigenvalue weighted by Crippen LogP contribution is 2.12. The minimum atomic E-state index is 0.934. The fraction of sp³-hybridized carbons (Fsp3) is 0.727. The molecule has 1 aromatic rings. The molecule has 0 aliphatic rings. The largest absolute Gasteiger partial charge is 0.310 e. The minimum Gasteiger partial charge on any atom is -0.310 e. The van der Waals surface area contributed by atoms with Gasteiger partial charge in [-0.1, -0.05) is 6.92 Å². The van der Waals surface area contributed by atoms with E-state index in [1.54, 1.807) is 0 Å². The first-order valence-corrected chi connectivity index (χ1v) is 7.71. The number of hydrogen-bond acceptors (Lipinski definition) is 4. The molecule has 1 heterocycles. The number of aromatic nitrogens is 1. The van der Waals surface area contributed by atoms with E-state index in [2.05, 4.69) is 23.5 Å². The van der Waals surface area contributed by atoms with Crippen LogP contribution < -0.4 is 5.32 Å². The van der Waals surface area contributed by atoms with Crippen LogP contribution in [-0.4, -0.2) is 23.5 Å². The second-order valence-corrected chi connectivity index (χ2v) is 5.64. The minimum absolute atomic E-state index is 0.934. The molecule has 0 amide bonds. The van der Waals surface area contributed by atoms with Crippen LogP contribution in [0.4, 0.5) is 0 Å². The SMILES string of the molecule is CCc1cnc(CNCCCCSC)s1. The molecule has 0 aliphatic heterocycles. The van der Waals surface area contributed by atoms with Gasteiger partial charge in [-0.05, 0) is 37.8 Å². The summed E-state index contributed by atoms with van der Waals surface area (Å²) in [6.45, 7) is 4.22. The second-order valence-electron chi connectivity index (χ2n) is 3.45. The third-order valence-corrected chi connectivity index (χ3v) is 4.02. The highest BCUT2D eigenvalue weighted by molar-refractivity contribution is 7.98. The third kappa shape index (κ3) is 5.54. The van der Waals surface area contributed by atoms with Gasteiger partial charge in [0.2, 0.25) is 0 Å². The van der Waals surface area contributed by atoms with Gasteiger partial charge in [-0.15, -0.1) is 11.3 Å². The normalized spacial score (nSPS) is 10.8. The highest BCUT2D eigenvalue weighted by Gasteiger charge is 1.99. The van der Waals surface area contributed by atoms with E-state index >= 15 is 0 Å². The third-order valence-electron chi connectivity index (χ3n) is 2.18. The molecule has 1 N–H and O–H groups in total. The van der Waals surface area contributed by atoms with Gasteiger partial charge in [-0.25, -0.2) is 4.98 Å². The molecule has 0 aliphatic carbocycles. The van der Waals surface area contributed by atoms with Gasteiger partial charge >= 0.3 is 0 Å². The topological polar surface area (TPSA) is 24.9 Å². The van der Waals surface area contributed by atoms with E-state index in [-0.39, 0.29) is 0 Å². The van der Waals surface area contributed by atoms with Crippen LogP contribution in [-0.2, 0) is 13.0 Å². The molecular formula is C11H20N2S2. The van der Waals surface area contributed by atoms with E-state index in [1.165, 1.54) is 28.5 Å². The Morgan fingerprint density at radius 3 is 3.00 bits per heavy atom. The summed E-state index contributed by atoms with van der Waals surface area (Å²) in [4.78, 5) is 5.76. The van der Waals surface area contributed by atoms with E-state index < -0.39 is 0 Å². The quantitative estimate of drug-likeness (QED) is 0.712. The van der Waals surface area contributed by atoms with Crippen LogP contribution in [0.15, 0.2) is 6.20 Å². The molecule has 0 bridgehead atoms. The number of rotatable bonds is 8. The smallest absolute Gasteiger partial charge is 0.107 e. The van der Waals surface area contributed by atoms with Gasteiger partial charge in [-0.2, -0.15) is 11.8 Å². The molecule has 0 spiro atoms. The number of nitrogens with zero attached hydrogens (tertiary/aromatic N) is 1. The summed E-state index contributed by atoms with van der Waals surface area (Å²) in [5.41, 5.74) is 0. The average Bonchev–Trinajstić information content (AvgIpc) is 2.71. The van der Waals surface area contributed by atoms with E-state index in [1.807, 2.05) is 29.3 Å². The lowest BCUT2D eigenvalue weighted by Gasteiger charge is -2.01. The molecule has 0 unspecified atom stereocenters. The first-order chi connectivity index (χ1) is 7.36. The van der Waals surface area contributed by atoms with Gasteiger partial charge in [0.05, 0.1) is 0 Å². The van der Waals surface area contributed by atoms with Crippen molar-refractivity contribution >= 4 is 23.1 Å². The van der Waals surface area contributed by atoms with Gasteiger partial charge in [0.25, 0.3) is 0 Å². The van der Waals surface area contributed by atoms with Gasteiger partial charge < -0.3 is 5.32 Å². The Labute approximate surface area is 101 Å². The Morgan fingerprint density at radius 1 is 1.47 bits per heavy atom. The average molecular weight is 244 g/mol. The molecule has 0 radical (unpaired) electrons. The van der Waals surface area contributed by atoms with Crippen LogP contribution >= 0.6 is 23.1 Å². The lowest BCUT2D eigenvalue weighted by atomic mass is 10.3. The zero-order chi connectivity index (χ0) is 10.9. The Hall–Kier alpha value is -0.0600. The number of hydrogen-bond donors (Lipinski definition) is 1. The van der Waals surface area contributed by atoms with Crippen molar-refractivity contribution in [2.24, 2.45) is 0 Å². The van der Waals surface area contributed by atoms with Crippen LogP contribution in [0.3, 0.4) is 0 Å². The van der Waals surface area contributed by atoms with E-state index in [0.29, 0.717) is 0 Å². The zero-order valence-electron chi connectivity index (χ0n) is 9.58. The van der Waals surface area contributed by atoms with Crippen LogP contribution in [0.5, 0.6) is 0 Å². The van der Waals surface area contributed by atoms with Crippen molar-refractivity contribution in [1.29, 1.82) is 0 Å². The molecule has 1 rings (SSSR count). The Kier molecular flexibility index (Phi) is 7.05. The highest BCUT2D eigenvalue weighted by atomic mass is 32.2. The molecule has 0 saturated carbocycles. The molecule has 0 aromatic carbocycles. The van der Waals surface area contributed by atoms with Crippen molar-refractivity contribution in [2.45, 2.75) is 32.7 Å². The second kappa shape index (κ2) is 8.13. The van der Waals surface area contributed by atoms with Crippen LogP contribution in [0, 0.1) is 0 Å². The van der Waals surface area contributed by atoms with E-state index in [4.69, 9.17) is 0 Å². The maximum Gasteiger partial charge on any atom is 0.107 e. The summed E-state index contributed by atoms with van der Waals surface area (Å²) in [6.07, 6.45) is 7.84. The van der Waals surface area contributed by atoms with Crippen molar-refractivity contribution < 1.29 is 0 Å². The number of unbranched alkanes of at least 4 members (excludes halogenated alkanes) is 1. The molecule has 0 saturated heterocycles. The molecule has 86 valence electrons. The fourth-order valence-electron chi connectivity index (χ4n) is 1.28. The number of nitrogens with one attached hydrogen (secondary N) is 1. The van der Waals surface area contributed by atoms with Gasteiger partial charge in [-0.3, -0.25) is 0 Å². The van der Waals surface area contributed by atoms with Crippen molar-refractivity contribution in [3.8, 4) is 0 Å². The van der Waals surface area contributed by atoms with Crippen molar-refractivity contribution in [1.82, 2.24) is 10.3 Å². The Balaban J connectivity index is 2.04. The molecular weight excluding hydrogens is 224 g/mol. The summed E-state index contributed by atoms with van der Waals surface area (Å²) in [5, 5.41) is 4.66. The summed E-state index contributed by atoms with van der Waals surface area (Å²) < 4.78 is 0. The van der Waals surface area contributed by atoms with Crippen molar-refractivity contribution in [2.75, 3.05) is 18.6 Å². The predicted octanol–water partition coefficient (Wildman–Crippen LogP) is 2.94. The van der Waals surface area contributed by atoms with Gasteiger partial charge in [0.1, 0.15) is 5.01 Å². The number of thiazole rings is 1. The summed E-state index contributed by atoms with van der Waals surface area (Å²) in [7, 11) is 0. The lowest BCUT2D eigenvalue weighted by Crippen LogP contribution is -2.14. The summed E-state index contributed by atoms with van der Waals surface area (Å²) in [6, 6.07) is 0. The molecule has 15 heavy (non-hydrogen) atoms. The van der Waals surface area contributed by atoms with Crippen LogP contribution in [0.2, 0.25) is 0 Å². The van der Waals surface area contributed by atoms with E-state index in [0.717, 1.165) is 19.5 Å². The van der Waals surface area contributed by atoms with Crippen molar-refractivity contribution in [3.05, 3.63) is 16.1 Å². The maximum absolute atomic E-state index is 4.37. The number of thioether (sulfide) groups is 1. The van der Waals surface area contributed by atoms with Crippen LogP contribution in [0.1, 0.15) is 29.7 Å². The molecule has 2 nitrogen and oxygen atoms in total. The van der Waals surface area contributed by atoms with E-state index in [9.17, 15) is 0 Å². The molecule has 4 heteroatoms. The molecule has 0 atom stereocenters. The monoisotopic (exact) mass is 244 g/mol. The fourth-order valence-corrected chi connectivity index (χ4v) is 2.61. The summed E-state index contributed by atoms with van der Waals surface area (Å²) in [5.74, 6) is 1.28. The van der Waals surface area contributed by atoms with Gasteiger partial charge in [0.15, 0.2) is 0 Å². The Bertz CT molecular complexity index is 261. The van der Waals surface area contributed by atoms with Crippen LogP contribution in [0.25, 0.3) is 0 Å². The molecule has 0 fully saturated rings. The first-order valence-electron chi connectivity index (χ1n) is 5.50. The zero-order valence-corrected chi connectivity index (χ0v) is 11.2. The summed E-state index contributed by atoms with van der Waals surface area (Å²) >= 11 is 3.75. The maximum atomic E-state index is 4.37. The number of aryl methyl sites for hydroxylation is 1. The lowest BCUT2D eigenvalue weighted by molar-refractivity contribution is 0.642. The van der Waals surface area contributed by atoms with Crippen molar-refractivity contribution in [3.63, 3.8) is 0 Å². The Morgan fingerprint density at radius 2 is 2.33 bits per heavy atom. The molecule has 1 aromatic heterocycles. The standard InChI is InChI=1S/C11H20N2S2/c1-3-10-8-13-11(15-10)9-12-6-4-5-7-14-2/h8,12H,3-7,9H2,1-2H3. The van der Waals surface area contributed by atoms with Gasteiger partial charge in [0, 0.05) is 17.6 Å². The predicted molar refractivity (Wildman–Crippen MR) is 70.8 cm³/mol. The first kappa shape index (κ1) is 13.0.